The molecule has 0 aromatic carbocycles. The molecule has 0 radical (unpaired) electrons. The van der Waals surface area contributed by atoms with Crippen molar-refractivity contribution >= 4 is 11.3 Å². The second kappa shape index (κ2) is 4.54. The Morgan fingerprint density at radius 3 is 2.92 bits per heavy atom. The number of nitrogens with zero attached hydrogens (tertiary/aromatic N) is 2. The molecule has 0 amide bonds. The molecule has 0 spiro atoms. The first-order valence-corrected chi connectivity index (χ1v) is 4.77. The van der Waals surface area contributed by atoms with Gasteiger partial charge in [0.25, 0.3) is 0 Å². The summed E-state index contributed by atoms with van der Waals surface area (Å²) in [5.74, 6) is 0. The van der Waals surface area contributed by atoms with Crippen LogP contribution in [-0.2, 0) is 13.1 Å². The summed E-state index contributed by atoms with van der Waals surface area (Å²) in [4.78, 5) is 7.74. The lowest BCUT2D eigenvalue weighted by Crippen LogP contribution is -2.10. The minimum atomic E-state index is 0.922. The third-order valence-corrected chi connectivity index (χ3v) is 2.39. The summed E-state index contributed by atoms with van der Waals surface area (Å²) in [5.41, 5.74) is 0. The number of thiazole rings is 1. The van der Waals surface area contributed by atoms with Gasteiger partial charge in [-0.25, -0.2) is 4.98 Å². The Hall–Kier alpha value is -0.450. The molecule has 0 saturated carbocycles. The highest BCUT2D eigenvalue weighted by Crippen LogP contribution is 2.13. The molecular weight excluding hydrogens is 170 g/mol. The standard InChI is InChI=1S/C8H15N3S/c1-9-4-7-5-10-8(12-7)6-11(2)3/h5,9H,4,6H2,1-3H3. The van der Waals surface area contributed by atoms with Crippen LogP contribution < -0.4 is 5.32 Å². The third-order valence-electron chi connectivity index (χ3n) is 1.40. The summed E-state index contributed by atoms with van der Waals surface area (Å²) >= 11 is 1.77. The highest BCUT2D eigenvalue weighted by molar-refractivity contribution is 7.11. The van der Waals surface area contributed by atoms with Crippen LogP contribution in [0.3, 0.4) is 0 Å². The molecule has 12 heavy (non-hydrogen) atoms. The van der Waals surface area contributed by atoms with Gasteiger partial charge in [-0.15, -0.1) is 11.3 Å². The smallest absolute Gasteiger partial charge is 0.107 e. The van der Waals surface area contributed by atoms with Gasteiger partial charge in [0.2, 0.25) is 0 Å². The predicted molar refractivity (Wildman–Crippen MR) is 52.3 cm³/mol. The maximum absolute atomic E-state index is 4.31. The zero-order valence-corrected chi connectivity index (χ0v) is 8.61. The summed E-state index contributed by atoms with van der Waals surface area (Å²) in [7, 11) is 6.06. The summed E-state index contributed by atoms with van der Waals surface area (Å²) in [6.45, 7) is 1.86. The van der Waals surface area contributed by atoms with Gasteiger partial charge >= 0.3 is 0 Å². The first kappa shape index (κ1) is 9.64. The molecule has 1 aromatic heterocycles. The van der Waals surface area contributed by atoms with Gasteiger partial charge in [-0.1, -0.05) is 0 Å². The van der Waals surface area contributed by atoms with Gasteiger partial charge in [-0.2, -0.15) is 0 Å². The molecule has 0 bridgehead atoms. The van der Waals surface area contributed by atoms with E-state index in [1.807, 2.05) is 13.2 Å². The third kappa shape index (κ3) is 2.89. The second-order valence-corrected chi connectivity index (χ2v) is 4.19. The van der Waals surface area contributed by atoms with Crippen LogP contribution in [-0.4, -0.2) is 31.0 Å². The first-order chi connectivity index (χ1) is 5.72. The molecule has 1 aromatic rings. The quantitative estimate of drug-likeness (QED) is 0.756. The Morgan fingerprint density at radius 1 is 1.58 bits per heavy atom. The van der Waals surface area contributed by atoms with Crippen LogP contribution >= 0.6 is 11.3 Å². The summed E-state index contributed by atoms with van der Waals surface area (Å²) in [6, 6.07) is 0. The minimum Gasteiger partial charge on any atom is -0.315 e. The van der Waals surface area contributed by atoms with E-state index in [0.717, 1.165) is 13.1 Å². The number of hydrogen-bond donors (Lipinski definition) is 1. The zero-order chi connectivity index (χ0) is 8.97. The van der Waals surface area contributed by atoms with Crippen LogP contribution in [0.1, 0.15) is 9.88 Å². The van der Waals surface area contributed by atoms with E-state index in [-0.39, 0.29) is 0 Å². The summed E-state index contributed by atoms with van der Waals surface area (Å²) in [5, 5.41) is 4.29. The van der Waals surface area contributed by atoms with Crippen molar-refractivity contribution in [2.24, 2.45) is 0 Å². The molecule has 3 nitrogen and oxygen atoms in total. The normalized spacial score (nSPS) is 11.0. The van der Waals surface area contributed by atoms with Crippen LogP contribution in [0, 0.1) is 0 Å². The lowest BCUT2D eigenvalue weighted by atomic mass is 10.5. The van der Waals surface area contributed by atoms with Gasteiger partial charge in [0.05, 0.1) is 0 Å². The van der Waals surface area contributed by atoms with Crippen molar-refractivity contribution in [3.8, 4) is 0 Å². The van der Waals surface area contributed by atoms with E-state index >= 15 is 0 Å². The molecule has 0 saturated heterocycles. The molecule has 1 N–H and O–H groups in total. The van der Waals surface area contributed by atoms with Crippen molar-refractivity contribution in [2.45, 2.75) is 13.1 Å². The van der Waals surface area contributed by atoms with Crippen LogP contribution in [0.5, 0.6) is 0 Å². The zero-order valence-electron chi connectivity index (χ0n) is 7.79. The summed E-state index contributed by atoms with van der Waals surface area (Å²) in [6.07, 6.45) is 1.94. The van der Waals surface area contributed by atoms with Crippen LogP contribution in [0.2, 0.25) is 0 Å². The highest BCUT2D eigenvalue weighted by Gasteiger charge is 2.01. The van der Waals surface area contributed by atoms with Crippen molar-refractivity contribution < 1.29 is 0 Å². The van der Waals surface area contributed by atoms with E-state index in [1.54, 1.807) is 11.3 Å². The van der Waals surface area contributed by atoms with E-state index in [1.165, 1.54) is 9.88 Å². The molecule has 4 heteroatoms. The molecule has 0 aliphatic rings. The topological polar surface area (TPSA) is 28.2 Å². The number of rotatable bonds is 4. The number of hydrogen-bond acceptors (Lipinski definition) is 4. The van der Waals surface area contributed by atoms with Crippen molar-refractivity contribution in [1.82, 2.24) is 15.2 Å². The lowest BCUT2D eigenvalue weighted by Gasteiger charge is -2.04. The van der Waals surface area contributed by atoms with Gasteiger partial charge in [0, 0.05) is 24.2 Å². The second-order valence-electron chi connectivity index (χ2n) is 2.99. The van der Waals surface area contributed by atoms with Crippen LogP contribution in [0.4, 0.5) is 0 Å². The Balaban J connectivity index is 2.52. The van der Waals surface area contributed by atoms with E-state index in [0.29, 0.717) is 0 Å². The van der Waals surface area contributed by atoms with Crippen molar-refractivity contribution in [3.63, 3.8) is 0 Å². The largest absolute Gasteiger partial charge is 0.315 e. The molecule has 68 valence electrons. The van der Waals surface area contributed by atoms with E-state index in [2.05, 4.69) is 29.3 Å². The van der Waals surface area contributed by atoms with E-state index in [4.69, 9.17) is 0 Å². The predicted octanol–water partition coefficient (Wildman–Crippen LogP) is 0.924. The average Bonchev–Trinajstić information content (AvgIpc) is 2.36. The minimum absolute atomic E-state index is 0.922. The highest BCUT2D eigenvalue weighted by atomic mass is 32.1. The van der Waals surface area contributed by atoms with E-state index < -0.39 is 0 Å². The maximum Gasteiger partial charge on any atom is 0.107 e. The van der Waals surface area contributed by atoms with Crippen molar-refractivity contribution in [3.05, 3.63) is 16.1 Å². The Labute approximate surface area is 77.4 Å². The van der Waals surface area contributed by atoms with Gasteiger partial charge in [-0.05, 0) is 21.1 Å². The van der Waals surface area contributed by atoms with Gasteiger partial charge in [0.15, 0.2) is 0 Å². The fourth-order valence-corrected chi connectivity index (χ4v) is 2.00. The van der Waals surface area contributed by atoms with Crippen molar-refractivity contribution in [1.29, 1.82) is 0 Å². The van der Waals surface area contributed by atoms with Crippen LogP contribution in [0.25, 0.3) is 0 Å². The molecule has 0 fully saturated rings. The average molecular weight is 185 g/mol. The van der Waals surface area contributed by atoms with Gasteiger partial charge < -0.3 is 10.2 Å². The molecule has 0 aliphatic carbocycles. The van der Waals surface area contributed by atoms with Gasteiger partial charge in [-0.3, -0.25) is 0 Å². The van der Waals surface area contributed by atoms with Crippen LogP contribution in [0.15, 0.2) is 6.20 Å². The summed E-state index contributed by atoms with van der Waals surface area (Å²) < 4.78 is 0. The molecular formula is C8H15N3S. The van der Waals surface area contributed by atoms with Crippen molar-refractivity contribution in [2.75, 3.05) is 21.1 Å². The fourth-order valence-electron chi connectivity index (χ4n) is 0.948. The molecule has 0 atom stereocenters. The SMILES string of the molecule is CNCc1cnc(CN(C)C)s1. The Kier molecular flexibility index (Phi) is 3.65. The maximum atomic E-state index is 4.31. The molecule has 0 aliphatic heterocycles. The first-order valence-electron chi connectivity index (χ1n) is 3.95. The Morgan fingerprint density at radius 2 is 2.33 bits per heavy atom. The number of aromatic nitrogens is 1. The molecule has 1 heterocycles. The molecule has 0 unspecified atom stereocenters. The Bertz CT molecular complexity index is 232. The lowest BCUT2D eigenvalue weighted by molar-refractivity contribution is 0.401. The van der Waals surface area contributed by atoms with E-state index in [9.17, 15) is 0 Å². The number of nitrogens with one attached hydrogen (secondary N) is 1. The molecule has 1 rings (SSSR count). The van der Waals surface area contributed by atoms with Gasteiger partial charge in [0.1, 0.15) is 5.01 Å². The monoisotopic (exact) mass is 185 g/mol. The fraction of sp³-hybridized carbons (Fsp3) is 0.625.